The maximum absolute atomic E-state index is 5.36. The molecule has 0 aliphatic heterocycles. The fraction of sp³-hybridized carbons (Fsp3) is 0.103. The smallest absolute Gasteiger partial charge is 0.540 e. The molecule has 0 aliphatic carbocycles. The van der Waals surface area contributed by atoms with Crippen LogP contribution >= 0.6 is 11.8 Å². The van der Waals surface area contributed by atoms with Gasteiger partial charge in [0, 0.05) is 28.8 Å². The van der Waals surface area contributed by atoms with Crippen LogP contribution in [0.3, 0.4) is 0 Å². The molecule has 0 saturated carbocycles. The minimum Gasteiger partial charge on any atom is -0.540 e. The van der Waals surface area contributed by atoms with Crippen LogP contribution in [0.1, 0.15) is 0 Å². The number of ether oxygens (including phenoxy) is 2. The Bertz CT molecular complexity index is 1370. The van der Waals surface area contributed by atoms with E-state index < -0.39 is 0 Å². The second kappa shape index (κ2) is 13.1. The van der Waals surface area contributed by atoms with Crippen molar-refractivity contribution in [1.82, 2.24) is 9.97 Å². The van der Waals surface area contributed by atoms with Gasteiger partial charge in [0.1, 0.15) is 0 Å². The average molecular weight is 660 g/mol. The van der Waals surface area contributed by atoms with Gasteiger partial charge in [-0.15, -0.1) is 59.8 Å². The summed E-state index contributed by atoms with van der Waals surface area (Å²) in [4.78, 5) is 9.96. The number of hydrogen-bond acceptors (Lipinski definition) is 5. The molecule has 0 radical (unpaired) electrons. The Morgan fingerprint density at radius 2 is 1.63 bits per heavy atom. The summed E-state index contributed by atoms with van der Waals surface area (Å²) < 4.78 is 10.5. The van der Waals surface area contributed by atoms with Gasteiger partial charge in [0.15, 0.2) is 0 Å². The second-order valence-corrected chi connectivity index (χ2v) is 8.10. The van der Waals surface area contributed by atoms with E-state index in [1.165, 1.54) is 10.8 Å². The van der Waals surface area contributed by atoms with Crippen molar-refractivity contribution in [2.24, 2.45) is 0 Å². The van der Waals surface area contributed by atoms with Gasteiger partial charge < -0.3 is 19.4 Å². The predicted molar refractivity (Wildman–Crippen MR) is 139 cm³/mol. The SMILES string of the molecule is COc1c[c-]c(-c2cc(SC)ccn2)c(OC)c1.[Pt+2].[c-]1ccccc1-c1nccc2ccccc12. The minimum atomic E-state index is 0. The van der Waals surface area contributed by atoms with Crippen LogP contribution in [0.15, 0.2) is 96.2 Å². The van der Waals surface area contributed by atoms with E-state index >= 15 is 0 Å². The van der Waals surface area contributed by atoms with Gasteiger partial charge in [-0.05, 0) is 40.5 Å². The van der Waals surface area contributed by atoms with Crippen molar-refractivity contribution in [1.29, 1.82) is 0 Å². The molecule has 0 unspecified atom stereocenters. The molecule has 0 fully saturated rings. The minimum absolute atomic E-state index is 0. The van der Waals surface area contributed by atoms with Gasteiger partial charge in [-0.25, -0.2) is 0 Å². The van der Waals surface area contributed by atoms with E-state index in [-0.39, 0.29) is 21.1 Å². The zero-order valence-electron chi connectivity index (χ0n) is 19.6. The summed E-state index contributed by atoms with van der Waals surface area (Å²) in [7, 11) is 3.25. The summed E-state index contributed by atoms with van der Waals surface area (Å²) in [5.74, 6) is 1.43. The van der Waals surface area contributed by atoms with E-state index in [4.69, 9.17) is 9.47 Å². The number of thioether (sulfide) groups is 1. The van der Waals surface area contributed by atoms with Gasteiger partial charge in [-0.3, -0.25) is 0 Å². The Hall–Kier alpha value is -3.14. The topological polar surface area (TPSA) is 44.2 Å². The maximum Gasteiger partial charge on any atom is 2.00 e. The average Bonchev–Trinajstić information content (AvgIpc) is 2.93. The molecule has 6 heteroatoms. The van der Waals surface area contributed by atoms with E-state index in [0.29, 0.717) is 5.75 Å². The van der Waals surface area contributed by atoms with Crippen LogP contribution in [0.5, 0.6) is 11.5 Å². The van der Waals surface area contributed by atoms with E-state index in [2.05, 4.69) is 34.2 Å². The van der Waals surface area contributed by atoms with E-state index in [1.54, 1.807) is 38.2 Å². The molecule has 5 rings (SSSR count). The molecule has 0 atom stereocenters. The Balaban J connectivity index is 0.000000191. The quantitative estimate of drug-likeness (QED) is 0.151. The molecule has 2 heterocycles. The largest absolute Gasteiger partial charge is 2.00 e. The van der Waals surface area contributed by atoms with Crippen molar-refractivity contribution in [2.75, 3.05) is 20.5 Å². The van der Waals surface area contributed by atoms with Crippen molar-refractivity contribution < 1.29 is 30.5 Å². The zero-order chi connectivity index (χ0) is 23.8. The monoisotopic (exact) mass is 659 g/mol. The number of hydrogen-bond donors (Lipinski definition) is 0. The molecule has 4 nitrogen and oxygen atoms in total. The number of benzene rings is 3. The van der Waals surface area contributed by atoms with Crippen molar-refractivity contribution in [3.63, 3.8) is 0 Å². The number of rotatable bonds is 5. The molecule has 35 heavy (non-hydrogen) atoms. The van der Waals surface area contributed by atoms with Crippen LogP contribution in [0.2, 0.25) is 0 Å². The first-order valence-electron chi connectivity index (χ1n) is 10.7. The number of nitrogens with zero attached hydrogens (tertiary/aromatic N) is 2. The number of pyridine rings is 2. The Labute approximate surface area is 225 Å². The van der Waals surface area contributed by atoms with Crippen LogP contribution in [-0.2, 0) is 21.1 Å². The van der Waals surface area contributed by atoms with Crippen molar-refractivity contribution >= 4 is 22.5 Å². The summed E-state index contributed by atoms with van der Waals surface area (Å²) in [5, 5.41) is 2.39. The van der Waals surface area contributed by atoms with Gasteiger partial charge in [-0.1, -0.05) is 42.0 Å². The predicted octanol–water partition coefficient (Wildman–Crippen LogP) is 6.99. The first-order valence-corrected chi connectivity index (χ1v) is 11.9. The van der Waals surface area contributed by atoms with Crippen LogP contribution in [0.4, 0.5) is 0 Å². The van der Waals surface area contributed by atoms with E-state index in [9.17, 15) is 0 Å². The number of methoxy groups -OCH3 is 2. The Morgan fingerprint density at radius 3 is 2.37 bits per heavy atom. The van der Waals surface area contributed by atoms with Gasteiger partial charge in [-0.2, -0.15) is 0 Å². The summed E-state index contributed by atoms with van der Waals surface area (Å²) in [5.41, 5.74) is 3.73. The third-order valence-electron chi connectivity index (χ3n) is 5.20. The zero-order valence-corrected chi connectivity index (χ0v) is 22.7. The van der Waals surface area contributed by atoms with Crippen LogP contribution in [0, 0.1) is 12.1 Å². The summed E-state index contributed by atoms with van der Waals surface area (Å²) in [6.07, 6.45) is 5.67. The summed E-state index contributed by atoms with van der Waals surface area (Å²) in [6.45, 7) is 0. The molecule has 2 aromatic heterocycles. The van der Waals surface area contributed by atoms with Crippen molar-refractivity contribution in [3.05, 3.63) is 103 Å². The molecule has 3 aromatic carbocycles. The molecule has 0 saturated heterocycles. The first-order chi connectivity index (χ1) is 16.7. The van der Waals surface area contributed by atoms with Gasteiger partial charge in [0.05, 0.1) is 14.2 Å². The van der Waals surface area contributed by atoms with Gasteiger partial charge >= 0.3 is 21.1 Å². The third kappa shape index (κ3) is 6.50. The molecule has 5 aromatic rings. The Kier molecular flexibility index (Phi) is 9.89. The number of aromatic nitrogens is 2. The summed E-state index contributed by atoms with van der Waals surface area (Å²) >= 11 is 1.68. The summed E-state index contributed by atoms with van der Waals surface area (Å²) in [6, 6.07) is 32.2. The standard InChI is InChI=1S/C15H10N.C14H14NO2S.Pt/c1-2-7-13(8-3-1)15-14-9-5-4-6-12(14)10-11-16-15;1-16-10-4-5-12(14(8-10)17-2)13-9-11(18-3)6-7-15-13;/h1-7,9-11H;4,6-9H,1-3H3;/q2*-1;+2. The van der Waals surface area contributed by atoms with Gasteiger partial charge in [0.2, 0.25) is 0 Å². The number of fused-ring (bicyclic) bond motifs is 1. The normalized spacial score (nSPS) is 10.0. The maximum atomic E-state index is 5.36. The van der Waals surface area contributed by atoms with Crippen molar-refractivity contribution in [2.45, 2.75) is 4.90 Å². The molecule has 0 amide bonds. The second-order valence-electron chi connectivity index (χ2n) is 7.22. The van der Waals surface area contributed by atoms with Crippen LogP contribution in [-0.4, -0.2) is 30.4 Å². The molecule has 178 valence electrons. The molecular formula is C29H24N2O2PtS. The molecule has 0 N–H and O–H groups in total. The third-order valence-corrected chi connectivity index (χ3v) is 5.92. The van der Waals surface area contributed by atoms with Gasteiger partial charge in [0.25, 0.3) is 0 Å². The fourth-order valence-corrected chi connectivity index (χ4v) is 3.91. The van der Waals surface area contributed by atoms with E-state index in [0.717, 1.165) is 33.2 Å². The van der Waals surface area contributed by atoms with Crippen LogP contribution in [0.25, 0.3) is 33.3 Å². The fourth-order valence-electron chi connectivity index (χ4n) is 3.49. The Morgan fingerprint density at radius 1 is 0.829 bits per heavy atom. The molecule has 0 spiro atoms. The van der Waals surface area contributed by atoms with E-state index in [1.807, 2.05) is 73.1 Å². The molecular weight excluding hydrogens is 635 g/mol. The van der Waals surface area contributed by atoms with Crippen molar-refractivity contribution in [3.8, 4) is 34.0 Å². The first kappa shape index (κ1) is 26.5. The van der Waals surface area contributed by atoms with Crippen LogP contribution < -0.4 is 9.47 Å². The molecule has 0 aliphatic rings. The molecule has 0 bridgehead atoms.